The molecule has 29 heavy (non-hydrogen) atoms. The number of carbonyl (C=O) groups excluding carboxylic acids is 1. The van der Waals surface area contributed by atoms with Crippen molar-refractivity contribution in [2.24, 2.45) is 0 Å². The summed E-state index contributed by atoms with van der Waals surface area (Å²) in [7, 11) is -3.99. The van der Waals surface area contributed by atoms with Crippen molar-refractivity contribution in [3.63, 3.8) is 0 Å². The molecular formula is C21H18ClFN2O3S. The highest BCUT2D eigenvalue weighted by molar-refractivity contribution is 7.92. The van der Waals surface area contributed by atoms with Gasteiger partial charge in [-0.3, -0.25) is 9.52 Å². The van der Waals surface area contributed by atoms with Gasteiger partial charge < -0.3 is 5.32 Å². The smallest absolute Gasteiger partial charge is 0.261 e. The summed E-state index contributed by atoms with van der Waals surface area (Å²) in [5, 5.41) is 2.93. The zero-order chi connectivity index (χ0) is 21.0. The molecule has 0 radical (unpaired) electrons. The largest absolute Gasteiger partial charge is 0.348 e. The average molecular weight is 433 g/mol. The van der Waals surface area contributed by atoms with E-state index in [1.807, 2.05) is 31.2 Å². The van der Waals surface area contributed by atoms with Gasteiger partial charge in [-0.25, -0.2) is 12.8 Å². The molecule has 0 saturated carbocycles. The van der Waals surface area contributed by atoms with Crippen LogP contribution in [-0.4, -0.2) is 14.3 Å². The van der Waals surface area contributed by atoms with Crippen LogP contribution in [0.4, 0.5) is 10.1 Å². The second-order valence-corrected chi connectivity index (χ2v) is 8.45. The van der Waals surface area contributed by atoms with Crippen LogP contribution in [0.1, 0.15) is 21.5 Å². The zero-order valence-electron chi connectivity index (χ0n) is 15.4. The van der Waals surface area contributed by atoms with E-state index in [1.54, 1.807) is 0 Å². The summed E-state index contributed by atoms with van der Waals surface area (Å²) < 4.78 is 40.4. The SMILES string of the molecule is Cc1ccccc1CNC(=O)c1ccc(Cl)c(NS(=O)(=O)c2ccc(F)cc2)c1. The van der Waals surface area contributed by atoms with Crippen molar-refractivity contribution in [2.45, 2.75) is 18.4 Å². The van der Waals surface area contributed by atoms with Gasteiger partial charge in [-0.15, -0.1) is 0 Å². The first-order chi connectivity index (χ1) is 13.8. The molecule has 0 fully saturated rings. The first-order valence-corrected chi connectivity index (χ1v) is 10.5. The van der Waals surface area contributed by atoms with Crippen LogP contribution in [0, 0.1) is 12.7 Å². The van der Waals surface area contributed by atoms with Crippen LogP contribution in [0.25, 0.3) is 0 Å². The predicted octanol–water partition coefficient (Wildman–Crippen LogP) is 4.52. The fraction of sp³-hybridized carbons (Fsp3) is 0.0952. The number of hydrogen-bond donors (Lipinski definition) is 2. The maximum atomic E-state index is 13.0. The van der Waals surface area contributed by atoms with Gasteiger partial charge in [-0.1, -0.05) is 35.9 Å². The van der Waals surface area contributed by atoms with Crippen molar-refractivity contribution in [3.05, 3.63) is 94.3 Å². The van der Waals surface area contributed by atoms with Crippen LogP contribution >= 0.6 is 11.6 Å². The third-order valence-electron chi connectivity index (χ3n) is 4.30. The quantitative estimate of drug-likeness (QED) is 0.601. The standard InChI is InChI=1S/C21H18ClFN2O3S/c1-14-4-2-3-5-16(14)13-24-21(26)15-6-11-19(22)20(12-15)25-29(27,28)18-9-7-17(23)8-10-18/h2-12,25H,13H2,1H3,(H,24,26). The van der Waals surface area contributed by atoms with Crippen LogP contribution in [0.15, 0.2) is 71.6 Å². The number of amides is 1. The molecule has 0 atom stereocenters. The second kappa shape index (κ2) is 8.63. The molecule has 2 N–H and O–H groups in total. The number of carbonyl (C=O) groups is 1. The fourth-order valence-electron chi connectivity index (χ4n) is 2.65. The molecule has 8 heteroatoms. The Kier molecular flexibility index (Phi) is 6.20. The summed E-state index contributed by atoms with van der Waals surface area (Å²) in [4.78, 5) is 12.4. The van der Waals surface area contributed by atoms with E-state index in [9.17, 15) is 17.6 Å². The van der Waals surface area contributed by atoms with Gasteiger partial charge in [0.2, 0.25) is 0 Å². The van der Waals surface area contributed by atoms with Crippen LogP contribution in [0.3, 0.4) is 0 Å². The van der Waals surface area contributed by atoms with Crippen molar-refractivity contribution in [1.29, 1.82) is 0 Å². The van der Waals surface area contributed by atoms with E-state index >= 15 is 0 Å². The highest BCUT2D eigenvalue weighted by atomic mass is 35.5. The van der Waals surface area contributed by atoms with Gasteiger partial charge in [0.1, 0.15) is 5.82 Å². The topological polar surface area (TPSA) is 75.3 Å². The Morgan fingerprint density at radius 3 is 2.41 bits per heavy atom. The van der Waals surface area contributed by atoms with Gasteiger partial charge in [0.05, 0.1) is 15.6 Å². The fourth-order valence-corrected chi connectivity index (χ4v) is 3.94. The zero-order valence-corrected chi connectivity index (χ0v) is 17.0. The van der Waals surface area contributed by atoms with Gasteiger partial charge in [-0.05, 0) is 60.5 Å². The number of hydrogen-bond acceptors (Lipinski definition) is 3. The number of nitrogens with one attached hydrogen (secondary N) is 2. The number of anilines is 1. The Bertz CT molecular complexity index is 1150. The van der Waals surface area contributed by atoms with Gasteiger partial charge in [0, 0.05) is 12.1 Å². The molecule has 3 aromatic rings. The average Bonchev–Trinajstić information content (AvgIpc) is 2.69. The highest BCUT2D eigenvalue weighted by Crippen LogP contribution is 2.26. The second-order valence-electron chi connectivity index (χ2n) is 6.36. The van der Waals surface area contributed by atoms with Crippen molar-refractivity contribution < 1.29 is 17.6 Å². The van der Waals surface area contributed by atoms with Crippen LogP contribution in [0.5, 0.6) is 0 Å². The molecule has 150 valence electrons. The Morgan fingerprint density at radius 2 is 1.72 bits per heavy atom. The Hall–Kier alpha value is -2.90. The summed E-state index contributed by atoms with van der Waals surface area (Å²) in [6, 6.07) is 16.4. The minimum atomic E-state index is -3.99. The number of benzene rings is 3. The molecule has 0 heterocycles. The van der Waals surface area contributed by atoms with E-state index < -0.39 is 15.8 Å². The molecule has 0 saturated heterocycles. The maximum absolute atomic E-state index is 13.0. The molecule has 0 aromatic heterocycles. The van der Waals surface area contributed by atoms with Crippen molar-refractivity contribution >= 4 is 33.2 Å². The van der Waals surface area contributed by atoms with E-state index in [0.717, 1.165) is 35.4 Å². The summed E-state index contributed by atoms with van der Waals surface area (Å²) in [6.07, 6.45) is 0. The number of halogens is 2. The van der Waals surface area contributed by atoms with E-state index in [0.29, 0.717) is 6.54 Å². The molecule has 0 bridgehead atoms. The molecular weight excluding hydrogens is 415 g/mol. The third kappa shape index (κ3) is 5.13. The molecule has 5 nitrogen and oxygen atoms in total. The molecule has 0 unspecified atom stereocenters. The molecule has 0 aliphatic carbocycles. The molecule has 0 aliphatic rings. The van der Waals surface area contributed by atoms with Gasteiger partial charge in [-0.2, -0.15) is 0 Å². The number of sulfonamides is 1. The van der Waals surface area contributed by atoms with Crippen molar-refractivity contribution in [1.82, 2.24) is 5.32 Å². The van der Waals surface area contributed by atoms with Gasteiger partial charge in [0.15, 0.2) is 0 Å². The third-order valence-corrected chi connectivity index (χ3v) is 6.01. The lowest BCUT2D eigenvalue weighted by molar-refractivity contribution is 0.0951. The van der Waals surface area contributed by atoms with E-state index in [-0.39, 0.29) is 27.1 Å². The molecule has 1 amide bonds. The lowest BCUT2D eigenvalue weighted by Crippen LogP contribution is -2.23. The normalized spacial score (nSPS) is 11.1. The summed E-state index contributed by atoms with van der Waals surface area (Å²) in [5.74, 6) is -0.915. The summed E-state index contributed by atoms with van der Waals surface area (Å²) in [5.41, 5.74) is 2.34. The van der Waals surface area contributed by atoms with Crippen molar-refractivity contribution in [3.8, 4) is 0 Å². The van der Waals surface area contributed by atoms with Gasteiger partial charge >= 0.3 is 0 Å². The molecule has 3 aromatic carbocycles. The first kappa shape index (κ1) is 20.8. The lowest BCUT2D eigenvalue weighted by atomic mass is 10.1. The number of aryl methyl sites for hydroxylation is 1. The number of rotatable bonds is 6. The monoisotopic (exact) mass is 432 g/mol. The summed E-state index contributed by atoms with van der Waals surface area (Å²) >= 11 is 6.09. The lowest BCUT2D eigenvalue weighted by Gasteiger charge is -2.12. The van der Waals surface area contributed by atoms with E-state index in [1.165, 1.54) is 18.2 Å². The maximum Gasteiger partial charge on any atom is 0.261 e. The molecule has 0 spiro atoms. The Balaban J connectivity index is 1.78. The van der Waals surface area contributed by atoms with E-state index in [4.69, 9.17) is 11.6 Å². The summed E-state index contributed by atoms with van der Waals surface area (Å²) in [6.45, 7) is 2.29. The van der Waals surface area contributed by atoms with Gasteiger partial charge in [0.25, 0.3) is 15.9 Å². The van der Waals surface area contributed by atoms with E-state index in [2.05, 4.69) is 10.0 Å². The van der Waals surface area contributed by atoms with Crippen molar-refractivity contribution in [2.75, 3.05) is 4.72 Å². The van der Waals surface area contributed by atoms with Crippen LogP contribution < -0.4 is 10.0 Å². The molecule has 0 aliphatic heterocycles. The van der Waals surface area contributed by atoms with Crippen LogP contribution in [0.2, 0.25) is 5.02 Å². The first-order valence-electron chi connectivity index (χ1n) is 8.67. The molecule has 3 rings (SSSR count). The minimum Gasteiger partial charge on any atom is -0.348 e. The highest BCUT2D eigenvalue weighted by Gasteiger charge is 2.17. The minimum absolute atomic E-state index is 0.0551. The predicted molar refractivity (Wildman–Crippen MR) is 111 cm³/mol. The van der Waals surface area contributed by atoms with Crippen LogP contribution in [-0.2, 0) is 16.6 Å². The Labute approximate surface area is 173 Å². The Morgan fingerprint density at radius 1 is 1.03 bits per heavy atom.